The maximum Gasteiger partial charge on any atom is 0.146 e. The Bertz CT molecular complexity index is 1720. The van der Waals surface area contributed by atoms with Gasteiger partial charge in [-0.2, -0.15) is 0 Å². The lowest BCUT2D eigenvalue weighted by atomic mass is 10.0. The summed E-state index contributed by atoms with van der Waals surface area (Å²) in [4.78, 5) is 9.41. The summed E-state index contributed by atoms with van der Waals surface area (Å²) < 4.78 is 4.94. The first-order valence-electron chi connectivity index (χ1n) is 9.27. The lowest BCUT2D eigenvalue weighted by molar-refractivity contribution is 1.30. The van der Waals surface area contributed by atoms with E-state index in [4.69, 9.17) is 4.98 Å². The van der Waals surface area contributed by atoms with Crippen molar-refractivity contribution < 1.29 is 0 Å². The summed E-state index contributed by atoms with van der Waals surface area (Å²) in [6.07, 6.45) is 3.85. The van der Waals surface area contributed by atoms with Gasteiger partial charge in [0, 0.05) is 48.7 Å². The second-order valence-corrected chi connectivity index (χ2v) is 8.17. The number of imidazole rings is 1. The maximum absolute atomic E-state index is 4.95. The molecular weight excluding hydrogens is 362 g/mol. The molecule has 28 heavy (non-hydrogen) atoms. The lowest BCUT2D eigenvalue weighted by Crippen LogP contribution is -1.92. The lowest BCUT2D eigenvalue weighted by Gasteiger charge is -2.09. The van der Waals surface area contributed by atoms with Crippen molar-refractivity contribution in [3.8, 4) is 0 Å². The van der Waals surface area contributed by atoms with Crippen LogP contribution < -0.4 is 0 Å². The third kappa shape index (κ3) is 1.69. The molecule has 4 aromatic heterocycles. The number of fused-ring (bicyclic) bond motifs is 12. The molecule has 0 radical (unpaired) electrons. The summed E-state index contributed by atoms with van der Waals surface area (Å²) >= 11 is 1.86. The minimum Gasteiger partial charge on any atom is -0.292 e. The molecule has 7 rings (SSSR count). The van der Waals surface area contributed by atoms with Gasteiger partial charge < -0.3 is 0 Å². The smallest absolute Gasteiger partial charge is 0.146 e. The number of hydrogen-bond donors (Lipinski definition) is 0. The molecule has 0 atom stereocenters. The molecule has 7 aromatic rings. The molecule has 4 heteroatoms. The SMILES string of the molecule is c1ccc2c(c1)nc1c3ccncc3c3c4sc5ccccc5c4ccc3n21. The topological polar surface area (TPSA) is 30.2 Å². The van der Waals surface area contributed by atoms with Gasteiger partial charge in [-0.25, -0.2) is 4.98 Å². The van der Waals surface area contributed by atoms with E-state index in [0.717, 1.165) is 27.5 Å². The number of hydrogen-bond acceptors (Lipinski definition) is 3. The Kier molecular flexibility index (Phi) is 2.63. The first-order valence-corrected chi connectivity index (χ1v) is 10.1. The maximum atomic E-state index is 4.95. The Morgan fingerprint density at radius 3 is 2.61 bits per heavy atom. The Hall–Kier alpha value is -3.50. The Balaban J connectivity index is 1.88. The standard InChI is InChI=1S/C24H13N3S/c1-4-8-21-14(5-1)15-9-10-20-22(23(15)28-21)17-13-25-12-11-16(17)24-26-18-6-2-3-7-19(18)27(20)24/h1-13H. The van der Waals surface area contributed by atoms with E-state index in [2.05, 4.69) is 70.0 Å². The van der Waals surface area contributed by atoms with Crippen LogP contribution in [0.15, 0.2) is 79.1 Å². The monoisotopic (exact) mass is 375 g/mol. The van der Waals surface area contributed by atoms with Gasteiger partial charge in [-0.1, -0.05) is 36.4 Å². The van der Waals surface area contributed by atoms with E-state index in [0.29, 0.717) is 0 Å². The average molecular weight is 375 g/mol. The number of pyridine rings is 2. The van der Waals surface area contributed by atoms with E-state index in [-0.39, 0.29) is 0 Å². The minimum absolute atomic E-state index is 0.992. The Morgan fingerprint density at radius 1 is 0.714 bits per heavy atom. The van der Waals surface area contributed by atoms with Crippen LogP contribution in [0, 0.1) is 0 Å². The van der Waals surface area contributed by atoms with E-state index in [1.165, 1.54) is 31.1 Å². The molecule has 0 saturated heterocycles. The van der Waals surface area contributed by atoms with Crippen LogP contribution >= 0.6 is 11.3 Å². The number of nitrogens with zero attached hydrogens (tertiary/aromatic N) is 3. The molecule has 3 nitrogen and oxygen atoms in total. The van der Waals surface area contributed by atoms with Gasteiger partial charge in [-0.3, -0.25) is 9.38 Å². The molecule has 0 unspecified atom stereocenters. The molecule has 0 spiro atoms. The van der Waals surface area contributed by atoms with Crippen LogP contribution in [0.1, 0.15) is 0 Å². The molecule has 0 N–H and O–H groups in total. The fraction of sp³-hybridized carbons (Fsp3) is 0. The number of benzene rings is 3. The molecule has 0 amide bonds. The second kappa shape index (κ2) is 5.06. The molecule has 0 fully saturated rings. The van der Waals surface area contributed by atoms with Crippen LogP contribution in [0.3, 0.4) is 0 Å². The van der Waals surface area contributed by atoms with Crippen LogP contribution in [0.2, 0.25) is 0 Å². The van der Waals surface area contributed by atoms with Gasteiger partial charge in [-0.05, 0) is 30.3 Å². The van der Waals surface area contributed by atoms with Crippen LogP contribution in [-0.4, -0.2) is 14.4 Å². The summed E-state index contributed by atoms with van der Waals surface area (Å²) in [5.74, 6) is 0. The predicted molar refractivity (Wildman–Crippen MR) is 118 cm³/mol. The zero-order valence-electron chi connectivity index (χ0n) is 14.8. The van der Waals surface area contributed by atoms with Gasteiger partial charge in [0.2, 0.25) is 0 Å². The molecule has 0 aliphatic carbocycles. The second-order valence-electron chi connectivity index (χ2n) is 7.12. The summed E-state index contributed by atoms with van der Waals surface area (Å²) in [5, 5.41) is 6.19. The van der Waals surface area contributed by atoms with E-state index in [1.54, 1.807) is 0 Å². The van der Waals surface area contributed by atoms with Gasteiger partial charge in [-0.15, -0.1) is 11.3 Å². The van der Waals surface area contributed by atoms with E-state index < -0.39 is 0 Å². The van der Waals surface area contributed by atoms with Gasteiger partial charge >= 0.3 is 0 Å². The molecule has 0 bridgehead atoms. The molecule has 3 aromatic carbocycles. The van der Waals surface area contributed by atoms with Crippen molar-refractivity contribution in [2.75, 3.05) is 0 Å². The molecule has 130 valence electrons. The van der Waals surface area contributed by atoms with E-state index in [1.807, 2.05) is 29.8 Å². The van der Waals surface area contributed by atoms with Crippen molar-refractivity contribution in [2.24, 2.45) is 0 Å². The average Bonchev–Trinajstić information content (AvgIpc) is 3.32. The number of aromatic nitrogens is 3. The van der Waals surface area contributed by atoms with Crippen molar-refractivity contribution in [1.29, 1.82) is 0 Å². The quantitative estimate of drug-likeness (QED) is 0.281. The Morgan fingerprint density at radius 2 is 1.61 bits per heavy atom. The molecular formula is C24H13N3S. The van der Waals surface area contributed by atoms with E-state index in [9.17, 15) is 0 Å². The van der Waals surface area contributed by atoms with Crippen molar-refractivity contribution >= 4 is 69.9 Å². The zero-order valence-corrected chi connectivity index (χ0v) is 15.6. The van der Waals surface area contributed by atoms with Gasteiger partial charge in [0.05, 0.1) is 16.6 Å². The highest BCUT2D eigenvalue weighted by Gasteiger charge is 2.17. The van der Waals surface area contributed by atoms with Crippen LogP contribution in [0.25, 0.3) is 58.5 Å². The normalized spacial score (nSPS) is 12.3. The third-order valence-corrected chi connectivity index (χ3v) is 6.86. The van der Waals surface area contributed by atoms with Crippen molar-refractivity contribution in [3.63, 3.8) is 0 Å². The van der Waals surface area contributed by atoms with Crippen LogP contribution in [0.5, 0.6) is 0 Å². The fourth-order valence-electron chi connectivity index (χ4n) is 4.46. The summed E-state index contributed by atoms with van der Waals surface area (Å²) in [6.45, 7) is 0. The molecule has 0 aliphatic heterocycles. The van der Waals surface area contributed by atoms with Crippen molar-refractivity contribution in [3.05, 3.63) is 79.1 Å². The minimum atomic E-state index is 0.992. The molecule has 4 heterocycles. The van der Waals surface area contributed by atoms with Crippen LogP contribution in [-0.2, 0) is 0 Å². The highest BCUT2D eigenvalue weighted by atomic mass is 32.1. The van der Waals surface area contributed by atoms with Gasteiger partial charge in [0.15, 0.2) is 0 Å². The summed E-state index contributed by atoms with van der Waals surface area (Å²) in [6, 6.07) is 23.6. The van der Waals surface area contributed by atoms with Crippen molar-refractivity contribution in [1.82, 2.24) is 14.4 Å². The first-order chi connectivity index (χ1) is 13.9. The number of para-hydroxylation sites is 2. The Labute approximate surface area is 163 Å². The van der Waals surface area contributed by atoms with E-state index >= 15 is 0 Å². The molecule has 0 aliphatic rings. The largest absolute Gasteiger partial charge is 0.292 e. The highest BCUT2D eigenvalue weighted by Crippen LogP contribution is 2.42. The van der Waals surface area contributed by atoms with Crippen molar-refractivity contribution in [2.45, 2.75) is 0 Å². The fourth-order valence-corrected chi connectivity index (χ4v) is 5.72. The van der Waals surface area contributed by atoms with Gasteiger partial charge in [0.25, 0.3) is 0 Å². The number of rotatable bonds is 0. The third-order valence-electron chi connectivity index (χ3n) is 5.66. The highest BCUT2D eigenvalue weighted by molar-refractivity contribution is 7.26. The van der Waals surface area contributed by atoms with Crippen LogP contribution in [0.4, 0.5) is 0 Å². The summed E-state index contributed by atoms with van der Waals surface area (Å²) in [5.41, 5.74) is 4.33. The zero-order chi connectivity index (χ0) is 18.2. The predicted octanol–water partition coefficient (Wildman–Crippen LogP) is 6.56. The van der Waals surface area contributed by atoms with Gasteiger partial charge in [0.1, 0.15) is 5.65 Å². The number of thiophene rings is 1. The first kappa shape index (κ1) is 14.5. The summed E-state index contributed by atoms with van der Waals surface area (Å²) in [7, 11) is 0. The molecule has 0 saturated carbocycles.